The van der Waals surface area contributed by atoms with Crippen LogP contribution in [0.1, 0.15) is 30.5 Å². The van der Waals surface area contributed by atoms with Gasteiger partial charge in [-0.05, 0) is 30.2 Å². The number of nitrogens with zero attached hydrogens (tertiary/aromatic N) is 2. The first-order valence-electron chi connectivity index (χ1n) is 9.64. The summed E-state index contributed by atoms with van der Waals surface area (Å²) in [6.45, 7) is 1.90. The van der Waals surface area contributed by atoms with Crippen LogP contribution in [0.5, 0.6) is 11.5 Å². The molecule has 8 heteroatoms. The number of aromatic nitrogens is 1. The Morgan fingerprint density at radius 2 is 1.97 bits per heavy atom. The molecule has 1 aromatic heterocycles. The number of benzene rings is 2. The summed E-state index contributed by atoms with van der Waals surface area (Å²) in [4.78, 5) is 31.2. The number of carbonyl (C=O) groups is 1. The van der Waals surface area contributed by atoms with Gasteiger partial charge in [0, 0.05) is 11.6 Å². The SMILES string of the molecule is CCC1=C(C(=O)OC)[C@H](c2ccccc2)n2c(s/c(=C\c3ccc(O)cc3O)c2=O)=N1. The first kappa shape index (κ1) is 20.6. The normalized spacial score (nSPS) is 16.1. The predicted octanol–water partition coefficient (Wildman–Crippen LogP) is 2.21. The van der Waals surface area contributed by atoms with Gasteiger partial charge in [-0.15, -0.1) is 0 Å². The smallest absolute Gasteiger partial charge is 0.338 e. The summed E-state index contributed by atoms with van der Waals surface area (Å²) in [6.07, 6.45) is 2.05. The van der Waals surface area contributed by atoms with Crippen molar-refractivity contribution in [1.29, 1.82) is 0 Å². The molecule has 0 radical (unpaired) electrons. The second-order valence-electron chi connectivity index (χ2n) is 6.94. The largest absolute Gasteiger partial charge is 0.508 e. The number of hydrogen-bond acceptors (Lipinski definition) is 7. The van der Waals surface area contributed by atoms with E-state index < -0.39 is 12.0 Å². The Labute approximate surface area is 181 Å². The number of thiazole rings is 1. The number of methoxy groups -OCH3 is 1. The number of phenols is 2. The molecule has 1 atom stereocenters. The molecule has 2 heterocycles. The van der Waals surface area contributed by atoms with Crippen molar-refractivity contribution in [3.63, 3.8) is 0 Å². The zero-order chi connectivity index (χ0) is 22.1. The number of phenolic OH excluding ortho intramolecular Hbond substituents is 2. The minimum absolute atomic E-state index is 0.0736. The van der Waals surface area contributed by atoms with Gasteiger partial charge in [-0.25, -0.2) is 9.79 Å². The average Bonchev–Trinajstić information content (AvgIpc) is 3.09. The van der Waals surface area contributed by atoms with E-state index in [-0.39, 0.29) is 17.1 Å². The van der Waals surface area contributed by atoms with Crippen LogP contribution in [0.15, 0.2) is 69.6 Å². The summed E-state index contributed by atoms with van der Waals surface area (Å²) in [5, 5.41) is 19.6. The molecule has 31 heavy (non-hydrogen) atoms. The summed E-state index contributed by atoms with van der Waals surface area (Å²) >= 11 is 1.18. The monoisotopic (exact) mass is 436 g/mol. The lowest BCUT2D eigenvalue weighted by molar-refractivity contribution is -0.136. The van der Waals surface area contributed by atoms with E-state index in [2.05, 4.69) is 4.99 Å². The number of esters is 1. The molecule has 1 aliphatic rings. The fourth-order valence-corrected chi connectivity index (χ4v) is 4.62. The van der Waals surface area contributed by atoms with Crippen LogP contribution < -0.4 is 14.9 Å². The maximum atomic E-state index is 13.4. The molecule has 2 N–H and O–H groups in total. The van der Waals surface area contributed by atoms with E-state index in [0.717, 1.165) is 5.56 Å². The summed E-state index contributed by atoms with van der Waals surface area (Å²) in [7, 11) is 1.31. The predicted molar refractivity (Wildman–Crippen MR) is 117 cm³/mol. The van der Waals surface area contributed by atoms with E-state index in [1.807, 2.05) is 37.3 Å². The van der Waals surface area contributed by atoms with Crippen LogP contribution in [0.4, 0.5) is 0 Å². The quantitative estimate of drug-likeness (QED) is 0.611. The average molecular weight is 436 g/mol. The van der Waals surface area contributed by atoms with Crippen molar-refractivity contribution in [3.8, 4) is 11.5 Å². The fourth-order valence-electron chi connectivity index (χ4n) is 3.61. The van der Waals surface area contributed by atoms with E-state index >= 15 is 0 Å². The molecule has 158 valence electrons. The van der Waals surface area contributed by atoms with E-state index in [4.69, 9.17) is 4.74 Å². The summed E-state index contributed by atoms with van der Waals surface area (Å²) in [5.74, 6) is -0.745. The molecule has 2 aromatic carbocycles. The van der Waals surface area contributed by atoms with Crippen LogP contribution in [0, 0.1) is 0 Å². The summed E-state index contributed by atoms with van der Waals surface area (Å²) < 4.78 is 6.87. The van der Waals surface area contributed by atoms with Crippen molar-refractivity contribution in [2.24, 2.45) is 4.99 Å². The second kappa shape index (κ2) is 8.23. The third kappa shape index (κ3) is 3.66. The minimum Gasteiger partial charge on any atom is -0.508 e. The van der Waals surface area contributed by atoms with Crippen molar-refractivity contribution < 1.29 is 19.7 Å². The molecule has 4 rings (SSSR count). The van der Waals surface area contributed by atoms with Crippen LogP contribution in [0.2, 0.25) is 0 Å². The highest BCUT2D eigenvalue weighted by Gasteiger charge is 2.33. The first-order valence-corrected chi connectivity index (χ1v) is 10.5. The van der Waals surface area contributed by atoms with E-state index in [1.165, 1.54) is 41.2 Å². The van der Waals surface area contributed by atoms with Crippen molar-refractivity contribution in [3.05, 3.63) is 90.6 Å². The van der Waals surface area contributed by atoms with Crippen LogP contribution in [0.25, 0.3) is 6.08 Å². The van der Waals surface area contributed by atoms with Gasteiger partial charge in [0.2, 0.25) is 0 Å². The van der Waals surface area contributed by atoms with Gasteiger partial charge in [-0.3, -0.25) is 9.36 Å². The lowest BCUT2D eigenvalue weighted by Gasteiger charge is -2.25. The zero-order valence-corrected chi connectivity index (χ0v) is 17.7. The maximum Gasteiger partial charge on any atom is 0.338 e. The molecule has 0 saturated heterocycles. The van der Waals surface area contributed by atoms with Crippen molar-refractivity contribution in [2.75, 3.05) is 7.11 Å². The van der Waals surface area contributed by atoms with E-state index in [9.17, 15) is 19.8 Å². The Morgan fingerprint density at radius 3 is 2.61 bits per heavy atom. The molecule has 1 aliphatic heterocycles. The number of ether oxygens (including phenoxy) is 1. The summed E-state index contributed by atoms with van der Waals surface area (Å²) in [6, 6.07) is 12.8. The van der Waals surface area contributed by atoms with Gasteiger partial charge in [0.15, 0.2) is 4.80 Å². The molecule has 7 nitrogen and oxygen atoms in total. The number of allylic oxidation sites excluding steroid dienone is 1. The highest BCUT2D eigenvalue weighted by molar-refractivity contribution is 7.07. The second-order valence-corrected chi connectivity index (χ2v) is 7.95. The standard InChI is InChI=1S/C23H20N2O5S/c1-3-16-19(22(29)30-2)20(13-7-5-4-6-8-13)25-21(28)18(31-23(25)24-16)11-14-9-10-15(26)12-17(14)27/h4-12,20,26-27H,3H2,1-2H3/b18-11-/t20-/m0/s1. The molecule has 0 bridgehead atoms. The number of fused-ring (bicyclic) bond motifs is 1. The third-order valence-electron chi connectivity index (χ3n) is 5.07. The summed E-state index contributed by atoms with van der Waals surface area (Å²) in [5.41, 5.74) is 1.73. The van der Waals surface area contributed by atoms with Gasteiger partial charge < -0.3 is 14.9 Å². The van der Waals surface area contributed by atoms with Gasteiger partial charge in [-0.1, -0.05) is 48.6 Å². The topological polar surface area (TPSA) is 101 Å². The minimum atomic E-state index is -0.671. The molecule has 0 unspecified atom stereocenters. The maximum absolute atomic E-state index is 13.4. The fraction of sp³-hybridized carbons (Fsp3) is 0.174. The Morgan fingerprint density at radius 1 is 1.23 bits per heavy atom. The van der Waals surface area contributed by atoms with Gasteiger partial charge in [0.05, 0.1) is 29.0 Å². The molecular weight excluding hydrogens is 416 g/mol. The van der Waals surface area contributed by atoms with Crippen molar-refractivity contribution in [1.82, 2.24) is 4.57 Å². The highest BCUT2D eigenvalue weighted by Crippen LogP contribution is 2.31. The van der Waals surface area contributed by atoms with Crippen LogP contribution in [-0.4, -0.2) is 27.9 Å². The first-order chi connectivity index (χ1) is 14.9. The molecule has 0 aliphatic carbocycles. The van der Waals surface area contributed by atoms with Gasteiger partial charge in [0.25, 0.3) is 5.56 Å². The molecule has 0 spiro atoms. The van der Waals surface area contributed by atoms with Crippen molar-refractivity contribution >= 4 is 23.4 Å². The van der Waals surface area contributed by atoms with E-state index in [1.54, 1.807) is 6.08 Å². The highest BCUT2D eigenvalue weighted by atomic mass is 32.1. The van der Waals surface area contributed by atoms with Gasteiger partial charge in [0.1, 0.15) is 11.5 Å². The van der Waals surface area contributed by atoms with Crippen molar-refractivity contribution in [2.45, 2.75) is 19.4 Å². The third-order valence-corrected chi connectivity index (χ3v) is 6.05. The zero-order valence-electron chi connectivity index (χ0n) is 16.9. The van der Waals surface area contributed by atoms with Gasteiger partial charge >= 0.3 is 5.97 Å². The molecular formula is C23H20N2O5S. The lowest BCUT2D eigenvalue weighted by atomic mass is 9.95. The van der Waals surface area contributed by atoms with Crippen LogP contribution in [-0.2, 0) is 9.53 Å². The number of rotatable bonds is 4. The Bertz CT molecular complexity index is 1370. The van der Waals surface area contributed by atoms with Crippen LogP contribution in [0.3, 0.4) is 0 Å². The van der Waals surface area contributed by atoms with Crippen LogP contribution >= 0.6 is 11.3 Å². The lowest BCUT2D eigenvalue weighted by Crippen LogP contribution is -2.40. The Balaban J connectivity index is 2.01. The Hall–Kier alpha value is -3.65. The van der Waals surface area contributed by atoms with E-state index in [0.29, 0.717) is 32.6 Å². The van der Waals surface area contributed by atoms with Gasteiger partial charge in [-0.2, -0.15) is 0 Å². The Kier molecular flexibility index (Phi) is 5.48. The number of hydrogen-bond donors (Lipinski definition) is 2. The molecule has 3 aromatic rings. The molecule has 0 fully saturated rings. The molecule has 0 amide bonds. The number of carbonyl (C=O) groups excluding carboxylic acids is 1. The molecule has 0 saturated carbocycles. The number of aromatic hydroxyl groups is 2.